The van der Waals surface area contributed by atoms with Crippen molar-refractivity contribution in [3.8, 4) is 22.6 Å². The van der Waals surface area contributed by atoms with E-state index in [4.69, 9.17) is 0 Å². The quantitative estimate of drug-likeness (QED) is 0.325. The molecule has 0 amide bonds. The highest BCUT2D eigenvalue weighted by Gasteiger charge is 2.05. The molecule has 162 valence electrons. The minimum Gasteiger partial charge on any atom is -0.265 e. The fourth-order valence-corrected chi connectivity index (χ4v) is 3.15. The third kappa shape index (κ3) is 5.28. The van der Waals surface area contributed by atoms with Crippen LogP contribution in [0.5, 0.6) is 0 Å². The number of pyridine rings is 2. The first-order chi connectivity index (χ1) is 16.8. The second-order valence-electron chi connectivity index (χ2n) is 7.34. The first kappa shape index (κ1) is 21.0. The molecule has 2 aromatic carbocycles. The number of rotatable bonds is 6. The van der Waals surface area contributed by atoms with Crippen molar-refractivity contribution in [3.05, 3.63) is 115 Å². The lowest BCUT2D eigenvalue weighted by atomic mass is 10.1. The van der Waals surface area contributed by atoms with Gasteiger partial charge in [-0.2, -0.15) is 0 Å². The molecule has 0 fully saturated rings. The van der Waals surface area contributed by atoms with E-state index in [9.17, 15) is 0 Å². The molecule has 0 aliphatic rings. The Morgan fingerprint density at radius 1 is 0.529 bits per heavy atom. The Kier molecular flexibility index (Phi) is 6.25. The van der Waals surface area contributed by atoms with Gasteiger partial charge < -0.3 is 0 Å². The van der Waals surface area contributed by atoms with Gasteiger partial charge in [0.15, 0.2) is 5.82 Å². The van der Waals surface area contributed by atoms with Gasteiger partial charge in [-0.3, -0.25) is 20.0 Å². The van der Waals surface area contributed by atoms with Crippen LogP contribution >= 0.6 is 0 Å². The standard InChI is InChI=1S/C27H19N7/c1-5-24(30-17-20-9-13-28-14-10-20)6-2-22(1)26-19-32-27(34-33-26)23-3-7-25(8-4-23)31-18-21-11-15-29-16-12-21/h1-19H. The number of benzene rings is 2. The largest absolute Gasteiger partial charge is 0.265 e. The van der Waals surface area contributed by atoms with E-state index in [2.05, 4.69) is 35.1 Å². The molecule has 7 nitrogen and oxygen atoms in total. The van der Waals surface area contributed by atoms with E-state index < -0.39 is 0 Å². The second kappa shape index (κ2) is 10.1. The molecule has 0 saturated carbocycles. The van der Waals surface area contributed by atoms with Crippen molar-refractivity contribution in [2.24, 2.45) is 9.98 Å². The minimum atomic E-state index is 0.562. The molecular formula is C27H19N7. The van der Waals surface area contributed by atoms with Gasteiger partial charge in [0.05, 0.1) is 17.6 Å². The van der Waals surface area contributed by atoms with Gasteiger partial charge in [0, 0.05) is 48.3 Å². The minimum absolute atomic E-state index is 0.562. The number of nitrogens with zero attached hydrogens (tertiary/aromatic N) is 7. The monoisotopic (exact) mass is 441 g/mol. The maximum atomic E-state index is 4.49. The van der Waals surface area contributed by atoms with Crippen LogP contribution in [0, 0.1) is 0 Å². The normalized spacial score (nSPS) is 11.3. The lowest BCUT2D eigenvalue weighted by Crippen LogP contribution is -1.94. The van der Waals surface area contributed by atoms with Gasteiger partial charge in [-0.25, -0.2) is 4.98 Å². The van der Waals surface area contributed by atoms with Crippen molar-refractivity contribution in [1.29, 1.82) is 0 Å². The predicted molar refractivity (Wildman–Crippen MR) is 134 cm³/mol. The fourth-order valence-electron chi connectivity index (χ4n) is 3.15. The zero-order chi connectivity index (χ0) is 23.0. The highest BCUT2D eigenvalue weighted by molar-refractivity contribution is 5.82. The molecule has 3 aromatic heterocycles. The van der Waals surface area contributed by atoms with Gasteiger partial charge in [0.25, 0.3) is 0 Å². The first-order valence-corrected chi connectivity index (χ1v) is 10.6. The van der Waals surface area contributed by atoms with E-state index in [1.807, 2.05) is 79.0 Å². The van der Waals surface area contributed by atoms with Crippen LogP contribution in [-0.2, 0) is 0 Å². The van der Waals surface area contributed by atoms with E-state index in [0.29, 0.717) is 11.5 Å². The predicted octanol–water partition coefficient (Wildman–Crippen LogP) is 5.50. The van der Waals surface area contributed by atoms with E-state index in [0.717, 1.165) is 33.6 Å². The van der Waals surface area contributed by atoms with Gasteiger partial charge in [0.1, 0.15) is 5.69 Å². The molecule has 34 heavy (non-hydrogen) atoms. The zero-order valence-electron chi connectivity index (χ0n) is 18.1. The summed E-state index contributed by atoms with van der Waals surface area (Å²) in [5.41, 5.74) is 6.19. The molecule has 0 aliphatic heterocycles. The Morgan fingerprint density at radius 3 is 1.50 bits per heavy atom. The van der Waals surface area contributed by atoms with Gasteiger partial charge in [-0.05, 0) is 71.8 Å². The molecule has 5 aromatic rings. The van der Waals surface area contributed by atoms with Crippen molar-refractivity contribution < 1.29 is 0 Å². The first-order valence-electron chi connectivity index (χ1n) is 10.6. The molecule has 0 aliphatic carbocycles. The Balaban J connectivity index is 1.25. The summed E-state index contributed by atoms with van der Waals surface area (Å²) in [5.74, 6) is 0.562. The number of aromatic nitrogens is 5. The third-order valence-corrected chi connectivity index (χ3v) is 4.99. The van der Waals surface area contributed by atoms with Crippen molar-refractivity contribution in [3.63, 3.8) is 0 Å². The molecule has 0 atom stereocenters. The highest BCUT2D eigenvalue weighted by Crippen LogP contribution is 2.23. The smallest absolute Gasteiger partial charge is 0.181 e. The van der Waals surface area contributed by atoms with Crippen molar-refractivity contribution in [1.82, 2.24) is 25.1 Å². The Morgan fingerprint density at radius 2 is 1.03 bits per heavy atom. The summed E-state index contributed by atoms with van der Waals surface area (Å²) < 4.78 is 0. The van der Waals surface area contributed by atoms with Crippen LogP contribution in [0.3, 0.4) is 0 Å². The van der Waals surface area contributed by atoms with Crippen LogP contribution in [0.2, 0.25) is 0 Å². The van der Waals surface area contributed by atoms with Gasteiger partial charge in [-0.1, -0.05) is 12.1 Å². The Bertz CT molecular complexity index is 1280. The number of hydrogen-bond acceptors (Lipinski definition) is 7. The average molecular weight is 441 g/mol. The number of aliphatic imine (C=N–C) groups is 2. The molecule has 0 unspecified atom stereocenters. The average Bonchev–Trinajstić information content (AvgIpc) is 2.93. The second-order valence-corrected chi connectivity index (χ2v) is 7.34. The van der Waals surface area contributed by atoms with Crippen LogP contribution in [0.15, 0.2) is 114 Å². The summed E-state index contributed by atoms with van der Waals surface area (Å²) >= 11 is 0. The topological polar surface area (TPSA) is 89.2 Å². The number of hydrogen-bond donors (Lipinski definition) is 0. The van der Waals surface area contributed by atoms with Crippen LogP contribution in [-0.4, -0.2) is 37.6 Å². The molecule has 7 heteroatoms. The van der Waals surface area contributed by atoms with E-state index in [-0.39, 0.29) is 0 Å². The summed E-state index contributed by atoms with van der Waals surface area (Å²) in [6.45, 7) is 0. The lowest BCUT2D eigenvalue weighted by molar-refractivity contribution is 0.987. The summed E-state index contributed by atoms with van der Waals surface area (Å²) in [6, 6.07) is 23.1. The summed E-state index contributed by atoms with van der Waals surface area (Å²) in [6.07, 6.45) is 12.3. The van der Waals surface area contributed by atoms with Crippen molar-refractivity contribution in [2.75, 3.05) is 0 Å². The van der Waals surface area contributed by atoms with Gasteiger partial charge >= 0.3 is 0 Å². The molecule has 3 heterocycles. The molecule has 0 spiro atoms. The van der Waals surface area contributed by atoms with Crippen LogP contribution < -0.4 is 0 Å². The van der Waals surface area contributed by atoms with Crippen LogP contribution in [0.4, 0.5) is 11.4 Å². The van der Waals surface area contributed by atoms with Gasteiger partial charge in [-0.15, -0.1) is 10.2 Å². The molecule has 0 radical (unpaired) electrons. The highest BCUT2D eigenvalue weighted by atomic mass is 15.2. The van der Waals surface area contributed by atoms with E-state index in [1.165, 1.54) is 0 Å². The Hall–Kier alpha value is -4.91. The van der Waals surface area contributed by atoms with Crippen LogP contribution in [0.25, 0.3) is 22.6 Å². The molecule has 5 rings (SSSR count). The maximum absolute atomic E-state index is 4.49. The van der Waals surface area contributed by atoms with Gasteiger partial charge in [0.2, 0.25) is 0 Å². The maximum Gasteiger partial charge on any atom is 0.181 e. The molecule has 0 saturated heterocycles. The van der Waals surface area contributed by atoms with E-state index >= 15 is 0 Å². The third-order valence-electron chi connectivity index (χ3n) is 4.99. The summed E-state index contributed by atoms with van der Waals surface area (Å²) in [4.78, 5) is 21.5. The SMILES string of the molecule is C(=Nc1ccc(-c2cnc(-c3ccc(N=Cc4ccncc4)cc3)nn2)cc1)c1ccncc1. The summed E-state index contributed by atoms with van der Waals surface area (Å²) in [7, 11) is 0. The lowest BCUT2D eigenvalue weighted by Gasteiger charge is -2.03. The Labute approximate surface area is 196 Å². The molecule has 0 bridgehead atoms. The zero-order valence-corrected chi connectivity index (χ0v) is 18.1. The van der Waals surface area contributed by atoms with Crippen molar-refractivity contribution in [2.45, 2.75) is 0 Å². The fraction of sp³-hybridized carbons (Fsp3) is 0. The van der Waals surface area contributed by atoms with Crippen molar-refractivity contribution >= 4 is 23.8 Å². The summed E-state index contributed by atoms with van der Waals surface area (Å²) in [5, 5.41) is 8.66. The molecular weight excluding hydrogens is 422 g/mol. The van der Waals surface area contributed by atoms with E-state index in [1.54, 1.807) is 37.2 Å². The van der Waals surface area contributed by atoms with Crippen LogP contribution in [0.1, 0.15) is 11.1 Å². The molecule has 0 N–H and O–H groups in total.